The van der Waals surface area contributed by atoms with Gasteiger partial charge in [-0.2, -0.15) is 4.31 Å². The second kappa shape index (κ2) is 6.21. The van der Waals surface area contributed by atoms with Crippen molar-refractivity contribution in [2.75, 3.05) is 18.9 Å². The van der Waals surface area contributed by atoms with Gasteiger partial charge in [0.25, 0.3) is 0 Å². The summed E-state index contributed by atoms with van der Waals surface area (Å²) >= 11 is 0. The summed E-state index contributed by atoms with van der Waals surface area (Å²) in [5.74, 6) is -0.175. The van der Waals surface area contributed by atoms with Crippen LogP contribution in [0, 0.1) is 5.82 Å². The van der Waals surface area contributed by atoms with Gasteiger partial charge in [-0.05, 0) is 25.0 Å². The Kier molecular flexibility index (Phi) is 4.27. The fraction of sp³-hybridized carbons (Fsp3) is 0.333. The lowest BCUT2D eigenvalue weighted by Gasteiger charge is -2.24. The van der Waals surface area contributed by atoms with Gasteiger partial charge in [0.2, 0.25) is 10.0 Å². The van der Waals surface area contributed by atoms with E-state index in [1.807, 2.05) is 0 Å². The number of aromatic nitrogens is 2. The summed E-state index contributed by atoms with van der Waals surface area (Å²) in [5.41, 5.74) is 0.564. The van der Waals surface area contributed by atoms with Gasteiger partial charge in [0.05, 0.1) is 24.1 Å². The van der Waals surface area contributed by atoms with Crippen molar-refractivity contribution in [1.82, 2.24) is 14.3 Å². The maximum absolute atomic E-state index is 13.9. The lowest BCUT2D eigenvalue weighted by molar-refractivity contribution is 0.387. The maximum atomic E-state index is 13.9. The van der Waals surface area contributed by atoms with E-state index in [0.717, 1.165) is 6.07 Å². The molecule has 1 aromatic carbocycles. The SMILES string of the molecule is CNc1cncc(C2CCCN2S(=O)(=O)c2ccccc2F)n1. The van der Waals surface area contributed by atoms with Crippen LogP contribution in [-0.4, -0.2) is 36.3 Å². The van der Waals surface area contributed by atoms with Crippen molar-refractivity contribution < 1.29 is 12.8 Å². The van der Waals surface area contributed by atoms with Crippen LogP contribution in [-0.2, 0) is 10.0 Å². The lowest BCUT2D eigenvalue weighted by atomic mass is 10.2. The summed E-state index contributed by atoms with van der Waals surface area (Å²) in [6.07, 6.45) is 4.45. The fourth-order valence-electron chi connectivity index (χ4n) is 2.77. The Labute approximate surface area is 134 Å². The van der Waals surface area contributed by atoms with Crippen LogP contribution in [0.1, 0.15) is 24.6 Å². The van der Waals surface area contributed by atoms with E-state index in [9.17, 15) is 12.8 Å². The Bertz CT molecular complexity index is 813. The number of nitrogens with one attached hydrogen (secondary N) is 1. The molecular weight excluding hydrogens is 319 g/mol. The van der Waals surface area contributed by atoms with Gasteiger partial charge in [-0.1, -0.05) is 12.1 Å². The molecule has 1 aromatic heterocycles. The number of sulfonamides is 1. The smallest absolute Gasteiger partial charge is 0.246 e. The van der Waals surface area contributed by atoms with Crippen molar-refractivity contribution in [3.63, 3.8) is 0 Å². The van der Waals surface area contributed by atoms with Crippen molar-refractivity contribution in [3.8, 4) is 0 Å². The summed E-state index contributed by atoms with van der Waals surface area (Å²) in [5, 5.41) is 2.88. The molecular formula is C15H17FN4O2S. The standard InChI is InChI=1S/C15H17FN4O2S/c1-17-15-10-18-9-12(19-15)13-6-4-8-20(13)23(21,22)14-7-3-2-5-11(14)16/h2-3,5,7,9-10,13H,4,6,8H2,1H3,(H,17,19). The highest BCUT2D eigenvalue weighted by Gasteiger charge is 2.38. The molecule has 2 heterocycles. The largest absolute Gasteiger partial charge is 0.372 e. The topological polar surface area (TPSA) is 75.2 Å². The number of benzene rings is 1. The maximum Gasteiger partial charge on any atom is 0.246 e. The van der Waals surface area contributed by atoms with Gasteiger partial charge < -0.3 is 5.32 Å². The monoisotopic (exact) mass is 336 g/mol. The summed E-state index contributed by atoms with van der Waals surface area (Å²) in [4.78, 5) is 8.16. The molecule has 0 saturated carbocycles. The Morgan fingerprint density at radius 1 is 1.30 bits per heavy atom. The van der Waals surface area contributed by atoms with Crippen LogP contribution in [0.2, 0.25) is 0 Å². The molecule has 0 amide bonds. The first-order valence-corrected chi connectivity index (χ1v) is 8.74. The van der Waals surface area contributed by atoms with E-state index in [4.69, 9.17) is 0 Å². The third kappa shape index (κ3) is 2.91. The number of halogens is 1. The van der Waals surface area contributed by atoms with E-state index in [0.29, 0.717) is 30.9 Å². The Hall–Kier alpha value is -2.06. The van der Waals surface area contributed by atoms with E-state index >= 15 is 0 Å². The molecule has 1 aliphatic heterocycles. The van der Waals surface area contributed by atoms with E-state index in [1.165, 1.54) is 22.5 Å². The van der Waals surface area contributed by atoms with Gasteiger partial charge in [0.1, 0.15) is 16.5 Å². The minimum atomic E-state index is -3.92. The molecule has 1 atom stereocenters. The highest BCUT2D eigenvalue weighted by Crippen LogP contribution is 2.36. The molecule has 0 bridgehead atoms. The molecule has 2 aromatic rings. The van der Waals surface area contributed by atoms with Gasteiger partial charge in [-0.25, -0.2) is 17.8 Å². The first-order chi connectivity index (χ1) is 11.0. The minimum absolute atomic E-state index is 0.301. The van der Waals surface area contributed by atoms with Crippen LogP contribution in [0.5, 0.6) is 0 Å². The molecule has 8 heteroatoms. The minimum Gasteiger partial charge on any atom is -0.372 e. The zero-order valence-electron chi connectivity index (χ0n) is 12.6. The van der Waals surface area contributed by atoms with Crippen molar-refractivity contribution in [2.24, 2.45) is 0 Å². The predicted molar refractivity (Wildman–Crippen MR) is 83.8 cm³/mol. The van der Waals surface area contributed by atoms with Gasteiger partial charge >= 0.3 is 0 Å². The molecule has 1 fully saturated rings. The number of anilines is 1. The summed E-state index contributed by atoms with van der Waals surface area (Å²) in [7, 11) is -2.20. The third-order valence-corrected chi connectivity index (χ3v) is 5.82. The van der Waals surface area contributed by atoms with E-state index in [1.54, 1.807) is 19.4 Å². The average molecular weight is 336 g/mol. The molecule has 1 saturated heterocycles. The van der Waals surface area contributed by atoms with Crippen LogP contribution >= 0.6 is 0 Å². The van der Waals surface area contributed by atoms with Crippen LogP contribution in [0.4, 0.5) is 10.2 Å². The summed E-state index contributed by atoms with van der Waals surface area (Å²) in [6.45, 7) is 0.340. The van der Waals surface area contributed by atoms with Gasteiger partial charge in [0, 0.05) is 13.6 Å². The van der Waals surface area contributed by atoms with Crippen molar-refractivity contribution in [3.05, 3.63) is 48.2 Å². The Balaban J connectivity index is 2.00. The molecule has 0 spiro atoms. The molecule has 0 radical (unpaired) electrons. The Morgan fingerprint density at radius 2 is 2.09 bits per heavy atom. The van der Waals surface area contributed by atoms with Crippen molar-refractivity contribution in [2.45, 2.75) is 23.8 Å². The molecule has 23 heavy (non-hydrogen) atoms. The Morgan fingerprint density at radius 3 is 2.83 bits per heavy atom. The fourth-order valence-corrected chi connectivity index (χ4v) is 4.50. The predicted octanol–water partition coefficient (Wildman–Crippen LogP) is 2.18. The first-order valence-electron chi connectivity index (χ1n) is 7.30. The number of nitrogens with zero attached hydrogens (tertiary/aromatic N) is 3. The van der Waals surface area contributed by atoms with Crippen LogP contribution in [0.3, 0.4) is 0 Å². The van der Waals surface area contributed by atoms with Gasteiger partial charge in [0.15, 0.2) is 0 Å². The van der Waals surface area contributed by atoms with Crippen molar-refractivity contribution in [1.29, 1.82) is 0 Å². The molecule has 0 aliphatic carbocycles. The summed E-state index contributed by atoms with van der Waals surface area (Å²) < 4.78 is 40.9. The lowest BCUT2D eigenvalue weighted by Crippen LogP contribution is -2.31. The zero-order valence-corrected chi connectivity index (χ0v) is 13.4. The van der Waals surface area contributed by atoms with Crippen LogP contribution < -0.4 is 5.32 Å². The molecule has 1 aliphatic rings. The highest BCUT2D eigenvalue weighted by molar-refractivity contribution is 7.89. The molecule has 1 unspecified atom stereocenters. The first kappa shape index (κ1) is 15.8. The van der Waals surface area contributed by atoms with Gasteiger partial charge in [-0.3, -0.25) is 4.98 Å². The van der Waals surface area contributed by atoms with E-state index in [-0.39, 0.29) is 4.90 Å². The van der Waals surface area contributed by atoms with Crippen molar-refractivity contribution >= 4 is 15.8 Å². The molecule has 6 nitrogen and oxygen atoms in total. The zero-order chi connectivity index (χ0) is 16.4. The molecule has 3 rings (SSSR count). The van der Waals surface area contributed by atoms with E-state index < -0.39 is 21.9 Å². The van der Waals surface area contributed by atoms with Crippen LogP contribution in [0.15, 0.2) is 41.6 Å². The summed E-state index contributed by atoms with van der Waals surface area (Å²) in [6, 6.07) is 5.00. The van der Waals surface area contributed by atoms with Gasteiger partial charge in [-0.15, -0.1) is 0 Å². The highest BCUT2D eigenvalue weighted by atomic mass is 32.2. The second-order valence-electron chi connectivity index (χ2n) is 5.28. The molecule has 122 valence electrons. The number of hydrogen-bond donors (Lipinski definition) is 1. The normalized spacial score (nSPS) is 19.0. The van der Waals surface area contributed by atoms with Crippen LogP contribution in [0.25, 0.3) is 0 Å². The average Bonchev–Trinajstić information content (AvgIpc) is 3.05. The molecule has 1 N–H and O–H groups in total. The quantitative estimate of drug-likeness (QED) is 0.926. The third-order valence-electron chi connectivity index (χ3n) is 3.88. The number of rotatable bonds is 4. The second-order valence-corrected chi connectivity index (χ2v) is 7.14. The van der Waals surface area contributed by atoms with E-state index in [2.05, 4.69) is 15.3 Å². The number of hydrogen-bond acceptors (Lipinski definition) is 5.